The molecule has 1 unspecified atom stereocenters. The maximum Gasteiger partial charge on any atom is 0.343 e. The second kappa shape index (κ2) is 7.63. The van der Waals surface area contributed by atoms with Gasteiger partial charge in [-0.1, -0.05) is 6.92 Å². The van der Waals surface area contributed by atoms with Gasteiger partial charge in [-0.05, 0) is 36.6 Å². The van der Waals surface area contributed by atoms with Gasteiger partial charge in [0.25, 0.3) is 0 Å². The summed E-state index contributed by atoms with van der Waals surface area (Å²) in [5, 5.41) is 0. The van der Waals surface area contributed by atoms with Crippen LogP contribution in [0.15, 0.2) is 18.2 Å². The Kier molecular flexibility index (Phi) is 6.15. The molecular formula is C14H21NO4. The predicted molar refractivity (Wildman–Crippen MR) is 72.5 cm³/mol. The number of nitrogens with two attached hydrogens (primary N) is 1. The summed E-state index contributed by atoms with van der Waals surface area (Å²) in [6, 6.07) is 5.49. The van der Waals surface area contributed by atoms with Crippen molar-refractivity contribution < 1.29 is 19.0 Å². The molecule has 0 bridgehead atoms. The first-order valence-corrected chi connectivity index (χ1v) is 6.22. The molecule has 19 heavy (non-hydrogen) atoms. The summed E-state index contributed by atoms with van der Waals surface area (Å²) in [4.78, 5) is 11.1. The molecule has 0 saturated heterocycles. The number of hydrogen-bond acceptors (Lipinski definition) is 5. The first-order chi connectivity index (χ1) is 9.10. The minimum absolute atomic E-state index is 0.0487. The Bertz CT molecular complexity index is 420. The van der Waals surface area contributed by atoms with Crippen LogP contribution in [-0.4, -0.2) is 32.8 Å². The molecule has 0 radical (unpaired) electrons. The van der Waals surface area contributed by atoms with Gasteiger partial charge in [-0.25, -0.2) is 4.79 Å². The highest BCUT2D eigenvalue weighted by Crippen LogP contribution is 2.25. The van der Waals surface area contributed by atoms with Crippen molar-refractivity contribution in [3.05, 3.63) is 23.8 Å². The van der Waals surface area contributed by atoms with E-state index in [1.54, 1.807) is 19.2 Å². The van der Waals surface area contributed by atoms with Crippen molar-refractivity contribution in [3.8, 4) is 11.5 Å². The molecule has 0 fully saturated rings. The Labute approximate surface area is 113 Å². The van der Waals surface area contributed by atoms with Crippen LogP contribution in [0.25, 0.3) is 0 Å². The molecular weight excluding hydrogens is 246 g/mol. The number of esters is 1. The van der Waals surface area contributed by atoms with E-state index < -0.39 is 5.97 Å². The number of rotatable bonds is 7. The predicted octanol–water partition coefficient (Wildman–Crippen LogP) is 1.53. The molecule has 0 spiro atoms. The fourth-order valence-electron chi connectivity index (χ4n) is 1.61. The van der Waals surface area contributed by atoms with Crippen molar-refractivity contribution in [3.63, 3.8) is 0 Å². The maximum absolute atomic E-state index is 11.1. The lowest BCUT2D eigenvalue weighted by atomic mass is 10.0. The van der Waals surface area contributed by atoms with Crippen molar-refractivity contribution in [1.82, 2.24) is 0 Å². The second-order valence-electron chi connectivity index (χ2n) is 4.21. The van der Waals surface area contributed by atoms with Crippen LogP contribution in [0.4, 0.5) is 0 Å². The van der Waals surface area contributed by atoms with Crippen LogP contribution in [-0.2, 0) is 16.0 Å². The molecule has 0 aliphatic heterocycles. The van der Waals surface area contributed by atoms with Crippen LogP contribution in [0.5, 0.6) is 11.5 Å². The lowest BCUT2D eigenvalue weighted by Crippen LogP contribution is -2.22. The Morgan fingerprint density at radius 1 is 1.37 bits per heavy atom. The SMILES string of the molecule is CCC(N)Cc1cc(OC)ccc1OCC(=O)OC. The fourth-order valence-corrected chi connectivity index (χ4v) is 1.61. The minimum Gasteiger partial charge on any atom is -0.497 e. The molecule has 106 valence electrons. The Balaban J connectivity index is 2.85. The number of hydrogen-bond donors (Lipinski definition) is 1. The third-order valence-corrected chi connectivity index (χ3v) is 2.85. The Hall–Kier alpha value is -1.75. The molecule has 5 heteroatoms. The molecule has 0 aliphatic carbocycles. The monoisotopic (exact) mass is 267 g/mol. The highest BCUT2D eigenvalue weighted by atomic mass is 16.6. The third-order valence-electron chi connectivity index (χ3n) is 2.85. The second-order valence-corrected chi connectivity index (χ2v) is 4.21. The average molecular weight is 267 g/mol. The van der Waals surface area contributed by atoms with Crippen LogP contribution < -0.4 is 15.2 Å². The lowest BCUT2D eigenvalue weighted by molar-refractivity contribution is -0.142. The topological polar surface area (TPSA) is 70.8 Å². The van der Waals surface area contributed by atoms with Gasteiger partial charge < -0.3 is 19.9 Å². The van der Waals surface area contributed by atoms with Gasteiger partial charge in [-0.2, -0.15) is 0 Å². The first-order valence-electron chi connectivity index (χ1n) is 6.22. The zero-order valence-electron chi connectivity index (χ0n) is 11.6. The molecule has 1 aromatic carbocycles. The number of carbonyl (C=O) groups excluding carboxylic acids is 1. The number of benzene rings is 1. The highest BCUT2D eigenvalue weighted by molar-refractivity contribution is 5.71. The summed E-state index contributed by atoms with van der Waals surface area (Å²) >= 11 is 0. The zero-order valence-corrected chi connectivity index (χ0v) is 11.6. The average Bonchev–Trinajstić information content (AvgIpc) is 2.45. The largest absolute Gasteiger partial charge is 0.497 e. The van der Waals surface area contributed by atoms with E-state index in [9.17, 15) is 4.79 Å². The summed E-state index contributed by atoms with van der Waals surface area (Å²) in [5.41, 5.74) is 6.89. The van der Waals surface area contributed by atoms with Gasteiger partial charge in [-0.15, -0.1) is 0 Å². The fraction of sp³-hybridized carbons (Fsp3) is 0.500. The van der Waals surface area contributed by atoms with E-state index in [2.05, 4.69) is 4.74 Å². The molecule has 0 saturated carbocycles. The zero-order chi connectivity index (χ0) is 14.3. The normalized spacial score (nSPS) is 11.8. The number of ether oxygens (including phenoxy) is 3. The van der Waals surface area contributed by atoms with Crippen molar-refractivity contribution in [2.75, 3.05) is 20.8 Å². The Morgan fingerprint density at radius 3 is 2.68 bits per heavy atom. The van der Waals surface area contributed by atoms with E-state index in [1.807, 2.05) is 13.0 Å². The van der Waals surface area contributed by atoms with Gasteiger partial charge >= 0.3 is 5.97 Å². The van der Waals surface area contributed by atoms with Gasteiger partial charge in [0.15, 0.2) is 6.61 Å². The molecule has 5 nitrogen and oxygen atoms in total. The molecule has 0 aromatic heterocycles. The van der Waals surface area contributed by atoms with Gasteiger partial charge in [-0.3, -0.25) is 0 Å². The smallest absolute Gasteiger partial charge is 0.343 e. The molecule has 1 aromatic rings. The van der Waals surface area contributed by atoms with Crippen molar-refractivity contribution in [2.45, 2.75) is 25.8 Å². The van der Waals surface area contributed by atoms with Gasteiger partial charge in [0.2, 0.25) is 0 Å². The molecule has 2 N–H and O–H groups in total. The molecule has 1 rings (SSSR count). The molecule has 0 heterocycles. The maximum atomic E-state index is 11.1. The highest BCUT2D eigenvalue weighted by Gasteiger charge is 2.11. The first kappa shape index (κ1) is 15.3. The van der Waals surface area contributed by atoms with E-state index in [0.717, 1.165) is 17.7 Å². The van der Waals surface area contributed by atoms with Crippen molar-refractivity contribution >= 4 is 5.97 Å². The van der Waals surface area contributed by atoms with Crippen LogP contribution in [0.3, 0.4) is 0 Å². The van der Waals surface area contributed by atoms with Gasteiger partial charge in [0.05, 0.1) is 14.2 Å². The summed E-state index contributed by atoms with van der Waals surface area (Å²) in [6.07, 6.45) is 1.54. The van der Waals surface area contributed by atoms with E-state index in [4.69, 9.17) is 15.2 Å². The summed E-state index contributed by atoms with van der Waals surface area (Å²) in [5.74, 6) is 0.959. The molecule has 0 amide bonds. The summed E-state index contributed by atoms with van der Waals surface area (Å²) in [7, 11) is 2.93. The Morgan fingerprint density at radius 2 is 2.11 bits per heavy atom. The van der Waals surface area contributed by atoms with E-state index in [1.165, 1.54) is 7.11 Å². The van der Waals surface area contributed by atoms with Crippen LogP contribution in [0.1, 0.15) is 18.9 Å². The van der Waals surface area contributed by atoms with Crippen LogP contribution in [0, 0.1) is 0 Å². The van der Waals surface area contributed by atoms with E-state index in [0.29, 0.717) is 12.2 Å². The number of methoxy groups -OCH3 is 2. The van der Waals surface area contributed by atoms with E-state index in [-0.39, 0.29) is 12.6 Å². The third kappa shape index (κ3) is 4.79. The van der Waals surface area contributed by atoms with E-state index >= 15 is 0 Å². The van der Waals surface area contributed by atoms with Crippen molar-refractivity contribution in [2.24, 2.45) is 5.73 Å². The van der Waals surface area contributed by atoms with Crippen LogP contribution >= 0.6 is 0 Å². The minimum atomic E-state index is -0.415. The quantitative estimate of drug-likeness (QED) is 0.758. The van der Waals surface area contributed by atoms with Gasteiger partial charge in [0, 0.05) is 6.04 Å². The van der Waals surface area contributed by atoms with Crippen LogP contribution in [0.2, 0.25) is 0 Å². The molecule has 1 atom stereocenters. The summed E-state index contributed by atoms with van der Waals surface area (Å²) < 4.78 is 15.2. The molecule has 0 aliphatic rings. The lowest BCUT2D eigenvalue weighted by Gasteiger charge is -2.15. The standard InChI is InChI=1S/C14H21NO4/c1-4-11(15)7-10-8-12(17-2)5-6-13(10)19-9-14(16)18-3/h5-6,8,11H,4,7,9,15H2,1-3H3. The van der Waals surface area contributed by atoms with Crippen molar-refractivity contribution in [1.29, 1.82) is 0 Å². The summed E-state index contributed by atoms with van der Waals surface area (Å²) in [6.45, 7) is 1.91. The van der Waals surface area contributed by atoms with Gasteiger partial charge in [0.1, 0.15) is 11.5 Å². The number of carbonyl (C=O) groups is 1.